The van der Waals surface area contributed by atoms with Crippen molar-refractivity contribution in [3.8, 4) is 0 Å². The van der Waals surface area contributed by atoms with Gasteiger partial charge in [-0.3, -0.25) is 14.4 Å². The second-order valence-electron chi connectivity index (χ2n) is 8.81. The summed E-state index contributed by atoms with van der Waals surface area (Å²) >= 11 is 0. The van der Waals surface area contributed by atoms with Gasteiger partial charge in [0, 0.05) is 63.6 Å². The quantitative estimate of drug-likeness (QED) is 0.214. The molecule has 6 nitrogen and oxygen atoms in total. The largest absolute Gasteiger partial charge is 0.381 e. The molecule has 2 amide bonds. The van der Waals surface area contributed by atoms with Crippen molar-refractivity contribution in [1.29, 1.82) is 0 Å². The highest BCUT2D eigenvalue weighted by Gasteiger charge is 2.14. The first-order valence-electron chi connectivity index (χ1n) is 11.4. The SMILES string of the molecule is CC(C)CCOCCC(=O)N(C)CCN(C)C(=O)CCSSC(C)CCC(=O)C(C)C. The summed E-state index contributed by atoms with van der Waals surface area (Å²) in [6.07, 6.45) is 3.37. The molecule has 0 fully saturated rings. The molecule has 0 N–H and O–H groups in total. The first-order valence-corrected chi connectivity index (χ1v) is 13.8. The Morgan fingerprint density at radius 3 is 1.94 bits per heavy atom. The number of ether oxygens (including phenoxy) is 1. The Bertz CT molecular complexity index is 530. The molecule has 0 aromatic heterocycles. The van der Waals surface area contributed by atoms with E-state index in [2.05, 4.69) is 20.8 Å². The fraction of sp³-hybridized carbons (Fsp3) is 0.870. The Morgan fingerprint density at radius 1 is 0.806 bits per heavy atom. The van der Waals surface area contributed by atoms with E-state index in [4.69, 9.17) is 4.74 Å². The average molecular weight is 477 g/mol. The van der Waals surface area contributed by atoms with Gasteiger partial charge in [0.15, 0.2) is 0 Å². The third-order valence-electron chi connectivity index (χ3n) is 4.99. The number of likely N-dealkylation sites (N-methyl/N-ethyl adjacent to an activating group) is 2. The highest BCUT2D eigenvalue weighted by Crippen LogP contribution is 2.30. The smallest absolute Gasteiger partial charge is 0.224 e. The normalized spacial score (nSPS) is 12.3. The summed E-state index contributed by atoms with van der Waals surface area (Å²) in [4.78, 5) is 39.5. The molecule has 0 saturated carbocycles. The van der Waals surface area contributed by atoms with Crippen LogP contribution in [0.5, 0.6) is 0 Å². The number of Topliss-reactive ketones (excluding diaryl/α,β-unsaturated/α-hetero) is 1. The van der Waals surface area contributed by atoms with Crippen molar-refractivity contribution >= 4 is 39.2 Å². The molecule has 0 aromatic carbocycles. The number of carbonyl (C=O) groups is 3. The van der Waals surface area contributed by atoms with E-state index in [-0.39, 0.29) is 17.7 Å². The molecule has 0 aromatic rings. The number of nitrogens with zero attached hydrogens (tertiary/aromatic N) is 2. The van der Waals surface area contributed by atoms with E-state index >= 15 is 0 Å². The Morgan fingerprint density at radius 2 is 1.39 bits per heavy atom. The van der Waals surface area contributed by atoms with Gasteiger partial charge in [0.2, 0.25) is 11.8 Å². The standard InChI is InChI=1S/C23H44N2O4S2/c1-18(2)10-15-29-16-11-22(27)24(6)13-14-25(7)23(28)12-17-30-31-20(5)8-9-21(26)19(3)4/h18-20H,8-17H2,1-7H3. The summed E-state index contributed by atoms with van der Waals surface area (Å²) in [5, 5.41) is 0.398. The van der Waals surface area contributed by atoms with E-state index in [1.54, 1.807) is 45.5 Å². The van der Waals surface area contributed by atoms with Gasteiger partial charge in [-0.1, -0.05) is 56.2 Å². The molecular weight excluding hydrogens is 432 g/mol. The van der Waals surface area contributed by atoms with Gasteiger partial charge in [-0.2, -0.15) is 0 Å². The van der Waals surface area contributed by atoms with Gasteiger partial charge in [0.05, 0.1) is 13.0 Å². The molecular formula is C23H44N2O4S2. The van der Waals surface area contributed by atoms with Crippen molar-refractivity contribution in [3.63, 3.8) is 0 Å². The number of ketones is 1. The zero-order chi connectivity index (χ0) is 23.8. The molecule has 0 saturated heterocycles. The zero-order valence-electron chi connectivity index (χ0n) is 20.6. The average Bonchev–Trinajstić information content (AvgIpc) is 2.71. The van der Waals surface area contributed by atoms with Gasteiger partial charge in [0.25, 0.3) is 0 Å². The van der Waals surface area contributed by atoms with Gasteiger partial charge >= 0.3 is 0 Å². The van der Waals surface area contributed by atoms with Crippen LogP contribution in [-0.2, 0) is 19.1 Å². The number of hydrogen-bond acceptors (Lipinski definition) is 6. The molecule has 1 unspecified atom stereocenters. The third kappa shape index (κ3) is 16.5. The topological polar surface area (TPSA) is 66.9 Å². The second-order valence-corrected chi connectivity index (χ2v) is 11.7. The van der Waals surface area contributed by atoms with E-state index in [0.717, 1.165) is 18.6 Å². The molecule has 0 aliphatic heterocycles. The van der Waals surface area contributed by atoms with Crippen LogP contribution in [0.25, 0.3) is 0 Å². The molecule has 8 heteroatoms. The van der Waals surface area contributed by atoms with Crippen LogP contribution >= 0.6 is 21.6 Å². The second kappa shape index (κ2) is 17.8. The van der Waals surface area contributed by atoms with Crippen LogP contribution in [0.15, 0.2) is 0 Å². The molecule has 182 valence electrons. The van der Waals surface area contributed by atoms with Crippen molar-refractivity contribution in [2.24, 2.45) is 11.8 Å². The Hall–Kier alpha value is -0.730. The van der Waals surface area contributed by atoms with E-state index in [0.29, 0.717) is 62.5 Å². The predicted molar refractivity (Wildman–Crippen MR) is 133 cm³/mol. The lowest BCUT2D eigenvalue weighted by molar-refractivity contribution is -0.134. The Labute approximate surface area is 198 Å². The van der Waals surface area contributed by atoms with Crippen LogP contribution in [0, 0.1) is 11.8 Å². The Kier molecular flexibility index (Phi) is 17.4. The fourth-order valence-corrected chi connectivity index (χ4v) is 4.81. The maximum Gasteiger partial charge on any atom is 0.224 e. The predicted octanol–water partition coefficient (Wildman–Crippen LogP) is 4.52. The summed E-state index contributed by atoms with van der Waals surface area (Å²) in [6, 6.07) is 0. The van der Waals surface area contributed by atoms with E-state index in [1.165, 1.54) is 0 Å². The molecule has 0 radical (unpaired) electrons. The summed E-state index contributed by atoms with van der Waals surface area (Å²) in [7, 11) is 6.99. The van der Waals surface area contributed by atoms with Crippen LogP contribution in [0.1, 0.15) is 66.7 Å². The van der Waals surface area contributed by atoms with Crippen LogP contribution in [-0.4, -0.2) is 78.8 Å². The lowest BCUT2D eigenvalue weighted by Crippen LogP contribution is -2.37. The minimum Gasteiger partial charge on any atom is -0.381 e. The molecule has 31 heavy (non-hydrogen) atoms. The van der Waals surface area contributed by atoms with E-state index < -0.39 is 0 Å². The van der Waals surface area contributed by atoms with Crippen molar-refractivity contribution in [1.82, 2.24) is 9.80 Å². The number of amides is 2. The zero-order valence-corrected chi connectivity index (χ0v) is 22.3. The van der Waals surface area contributed by atoms with Crippen LogP contribution in [0.2, 0.25) is 0 Å². The highest BCUT2D eigenvalue weighted by atomic mass is 33.1. The molecule has 0 bridgehead atoms. The molecule has 0 aliphatic carbocycles. The summed E-state index contributed by atoms with van der Waals surface area (Å²) in [5.74, 6) is 1.91. The summed E-state index contributed by atoms with van der Waals surface area (Å²) in [6.45, 7) is 12.5. The maximum atomic E-state index is 12.3. The molecule has 0 rings (SSSR count). The molecule has 1 atom stereocenters. The number of rotatable bonds is 18. The summed E-state index contributed by atoms with van der Waals surface area (Å²) in [5.41, 5.74) is 0. The minimum absolute atomic E-state index is 0.0438. The van der Waals surface area contributed by atoms with Crippen LogP contribution in [0.3, 0.4) is 0 Å². The number of carbonyl (C=O) groups excluding carboxylic acids is 3. The minimum atomic E-state index is 0.0438. The highest BCUT2D eigenvalue weighted by molar-refractivity contribution is 8.76. The third-order valence-corrected chi connectivity index (χ3v) is 7.96. The number of hydrogen-bond donors (Lipinski definition) is 0. The lowest BCUT2D eigenvalue weighted by atomic mass is 10.0. The van der Waals surface area contributed by atoms with Crippen LogP contribution < -0.4 is 0 Å². The van der Waals surface area contributed by atoms with Crippen LogP contribution in [0.4, 0.5) is 0 Å². The molecule has 0 heterocycles. The first kappa shape index (κ1) is 30.3. The summed E-state index contributed by atoms with van der Waals surface area (Å²) < 4.78 is 5.50. The maximum absolute atomic E-state index is 12.3. The molecule has 0 spiro atoms. The van der Waals surface area contributed by atoms with Crippen molar-refractivity contribution < 1.29 is 19.1 Å². The van der Waals surface area contributed by atoms with Gasteiger partial charge in [-0.25, -0.2) is 0 Å². The van der Waals surface area contributed by atoms with Gasteiger partial charge in [-0.15, -0.1) is 0 Å². The lowest BCUT2D eigenvalue weighted by Gasteiger charge is -2.22. The molecule has 0 aliphatic rings. The van der Waals surface area contributed by atoms with E-state index in [1.807, 2.05) is 13.8 Å². The van der Waals surface area contributed by atoms with Crippen molar-refractivity contribution in [2.75, 3.05) is 46.2 Å². The van der Waals surface area contributed by atoms with Crippen molar-refractivity contribution in [2.45, 2.75) is 72.0 Å². The van der Waals surface area contributed by atoms with Gasteiger partial charge in [-0.05, 0) is 18.8 Å². The van der Waals surface area contributed by atoms with Gasteiger partial charge < -0.3 is 14.5 Å². The van der Waals surface area contributed by atoms with E-state index in [9.17, 15) is 14.4 Å². The monoisotopic (exact) mass is 476 g/mol. The van der Waals surface area contributed by atoms with Crippen molar-refractivity contribution in [3.05, 3.63) is 0 Å². The first-order chi connectivity index (χ1) is 14.5. The fourth-order valence-electron chi connectivity index (χ4n) is 2.49. The van der Waals surface area contributed by atoms with Gasteiger partial charge in [0.1, 0.15) is 5.78 Å². The Balaban J connectivity index is 3.88.